The Balaban J connectivity index is 1.31. The molecule has 0 radical (unpaired) electrons. The minimum absolute atomic E-state index is 0.199. The van der Waals surface area contributed by atoms with Gasteiger partial charge in [-0.25, -0.2) is 0 Å². The van der Waals surface area contributed by atoms with Gasteiger partial charge in [-0.2, -0.15) is 11.8 Å². The van der Waals surface area contributed by atoms with Crippen LogP contribution in [-0.2, 0) is 77.2 Å². The zero-order chi connectivity index (χ0) is 52.2. The van der Waals surface area contributed by atoms with Gasteiger partial charge in [-0.05, 0) is 112 Å². The Hall–Kier alpha value is -4.63. The third-order valence-electron chi connectivity index (χ3n) is 12.7. The van der Waals surface area contributed by atoms with E-state index in [1.165, 1.54) is 0 Å². The molecule has 0 spiro atoms. The van der Waals surface area contributed by atoms with E-state index in [0.29, 0.717) is 48.7 Å². The van der Waals surface area contributed by atoms with Gasteiger partial charge < -0.3 is 29.9 Å². The molecule has 0 fully saturated rings. The average Bonchev–Trinajstić information content (AvgIpc) is 3.19. The molecule has 0 saturated heterocycles. The summed E-state index contributed by atoms with van der Waals surface area (Å²) in [5.74, 6) is 1.71. The fourth-order valence-corrected chi connectivity index (χ4v) is 9.32. The fraction of sp³-hybridized carbons (Fsp3) is 0.567. The van der Waals surface area contributed by atoms with Crippen molar-refractivity contribution in [2.24, 2.45) is 0 Å². The van der Waals surface area contributed by atoms with Crippen molar-refractivity contribution >= 4 is 23.7 Å². The molecule has 4 rings (SSSR count). The van der Waals surface area contributed by atoms with Gasteiger partial charge in [-0.1, -0.05) is 173 Å². The number of hydrogen-bond donors (Lipinski definition) is 4. The molecule has 0 unspecified atom stereocenters. The molecule has 0 aliphatic rings. The molecule has 4 aromatic carbocycles. The molecule has 0 aliphatic heterocycles. The second kappa shape index (κ2) is 21.8. The highest BCUT2D eigenvalue weighted by Crippen LogP contribution is 2.44. The Kier molecular flexibility index (Phi) is 18.0. The summed E-state index contributed by atoms with van der Waals surface area (Å²) in [7, 11) is 0. The molecule has 9 heteroatoms. The van der Waals surface area contributed by atoms with Crippen molar-refractivity contribution in [2.45, 2.75) is 196 Å². The van der Waals surface area contributed by atoms with Gasteiger partial charge in [0.2, 0.25) is 0 Å². The van der Waals surface area contributed by atoms with E-state index in [4.69, 9.17) is 9.47 Å². The van der Waals surface area contributed by atoms with Crippen molar-refractivity contribution in [2.75, 3.05) is 24.7 Å². The number of aromatic hydroxyl groups is 4. The first-order valence-corrected chi connectivity index (χ1v) is 26.0. The molecule has 0 heterocycles. The monoisotopic (exact) mass is 967 g/mol. The number of hydrogen-bond acceptors (Lipinski definition) is 9. The Bertz CT molecular complexity index is 2210. The van der Waals surface area contributed by atoms with Crippen LogP contribution < -0.4 is 0 Å². The molecule has 8 nitrogen and oxygen atoms in total. The molecule has 0 aliphatic carbocycles. The van der Waals surface area contributed by atoms with Crippen molar-refractivity contribution in [3.05, 3.63) is 115 Å². The summed E-state index contributed by atoms with van der Waals surface area (Å²) in [6.45, 7) is 38.0. The molecule has 69 heavy (non-hydrogen) atoms. The molecule has 380 valence electrons. The number of rotatable bonds is 16. The summed E-state index contributed by atoms with van der Waals surface area (Å²) < 4.78 is 11.2. The standard InChI is InChI=1S/C60H86O8S/c1-55(2,3)43-31-37(27-41(51(43)63)29-39-33-45(57(7,8)9)53(65)46(34-39)58(10,11)12)19-21-49(61)67-23-25-69-26-24-68-50(62)22-20-38-28-42(52(64)44(32-38)56(4,5)6)30-40-35-47(59(13,14)15)54(66)48(36-40)60(16,17)18/h27-28,31-36,63-66H,19-26,29-30H2,1-18H3. The van der Waals surface area contributed by atoms with E-state index in [1.54, 1.807) is 11.8 Å². The number of esters is 2. The number of benzene rings is 4. The molecule has 4 N–H and O–H groups in total. The highest BCUT2D eigenvalue weighted by molar-refractivity contribution is 7.99. The Morgan fingerprint density at radius 2 is 0.638 bits per heavy atom. The van der Waals surface area contributed by atoms with Gasteiger partial charge >= 0.3 is 11.9 Å². The maximum Gasteiger partial charge on any atom is 0.306 e. The highest BCUT2D eigenvalue weighted by Gasteiger charge is 2.30. The van der Waals surface area contributed by atoms with Crippen LogP contribution in [0.1, 0.15) is 204 Å². The average molecular weight is 967 g/mol. The zero-order valence-electron chi connectivity index (χ0n) is 45.5. The normalized spacial score (nSPS) is 12.9. The van der Waals surface area contributed by atoms with Gasteiger partial charge in [-0.15, -0.1) is 0 Å². The van der Waals surface area contributed by atoms with E-state index < -0.39 is 0 Å². The summed E-state index contributed by atoms with van der Waals surface area (Å²) in [5.41, 5.74) is 8.83. The van der Waals surface area contributed by atoms with E-state index in [1.807, 2.05) is 24.3 Å². The predicted octanol–water partition coefficient (Wildman–Crippen LogP) is 13.9. The molecule has 0 saturated carbocycles. The van der Waals surface area contributed by atoms with Crippen LogP contribution in [0.3, 0.4) is 0 Å². The van der Waals surface area contributed by atoms with Crippen molar-refractivity contribution in [3.63, 3.8) is 0 Å². The molecular weight excluding hydrogens is 881 g/mol. The molecule has 0 amide bonds. The van der Waals surface area contributed by atoms with Crippen LogP contribution in [0.4, 0.5) is 0 Å². The quantitative estimate of drug-likeness (QED) is 0.0640. The number of phenolic OH excluding ortho intramolecular Hbond substituents is 4. The van der Waals surface area contributed by atoms with Gasteiger partial charge in [0.15, 0.2) is 0 Å². The first-order chi connectivity index (χ1) is 31.5. The van der Waals surface area contributed by atoms with Gasteiger partial charge in [0.25, 0.3) is 0 Å². The van der Waals surface area contributed by atoms with Crippen LogP contribution in [-0.4, -0.2) is 57.1 Å². The lowest BCUT2D eigenvalue weighted by molar-refractivity contribution is -0.143. The molecule has 0 bridgehead atoms. The van der Waals surface area contributed by atoms with E-state index in [9.17, 15) is 30.0 Å². The predicted molar refractivity (Wildman–Crippen MR) is 286 cm³/mol. The largest absolute Gasteiger partial charge is 0.507 e. The lowest BCUT2D eigenvalue weighted by atomic mass is 9.77. The Morgan fingerprint density at radius 3 is 0.899 bits per heavy atom. The SMILES string of the molecule is CC(C)(C)c1cc(CCC(=O)OCCSCCOC(=O)CCc2cc(Cc3cc(C(C)(C)C)c(O)c(C(C)(C)C)c3)c(O)c(C(C)(C)C)c2)cc(Cc2cc(C(C)(C)C)c(O)c(C(C)(C)C)c2)c1O. The van der Waals surface area contributed by atoms with Crippen LogP contribution in [0.25, 0.3) is 0 Å². The zero-order valence-corrected chi connectivity index (χ0v) is 46.3. The van der Waals surface area contributed by atoms with E-state index in [0.717, 1.165) is 66.8 Å². The number of carbonyl (C=O) groups excluding carboxylic acids is 2. The summed E-state index contributed by atoms with van der Waals surface area (Å²) in [6, 6.07) is 16.2. The van der Waals surface area contributed by atoms with Crippen LogP contribution >= 0.6 is 11.8 Å². The summed E-state index contributed by atoms with van der Waals surface area (Å²) in [6.07, 6.45) is 2.28. The molecule has 0 atom stereocenters. The molecule has 4 aromatic rings. The van der Waals surface area contributed by atoms with Gasteiger partial charge in [0.05, 0.1) is 0 Å². The molecule has 0 aromatic heterocycles. The number of ether oxygens (including phenoxy) is 2. The van der Waals surface area contributed by atoms with Gasteiger partial charge in [0.1, 0.15) is 36.2 Å². The number of aryl methyl sites for hydroxylation is 2. The van der Waals surface area contributed by atoms with Gasteiger partial charge in [-0.3, -0.25) is 9.59 Å². The van der Waals surface area contributed by atoms with Crippen LogP contribution in [0.15, 0.2) is 48.5 Å². The van der Waals surface area contributed by atoms with E-state index in [-0.39, 0.29) is 82.0 Å². The fourth-order valence-electron chi connectivity index (χ4n) is 8.71. The summed E-state index contributed by atoms with van der Waals surface area (Å²) in [4.78, 5) is 25.8. The first kappa shape index (κ1) is 57.0. The van der Waals surface area contributed by atoms with Gasteiger partial charge in [0, 0.05) is 37.2 Å². The first-order valence-electron chi connectivity index (χ1n) is 24.8. The van der Waals surface area contributed by atoms with Crippen molar-refractivity contribution in [3.8, 4) is 23.0 Å². The number of carbonyl (C=O) groups is 2. The van der Waals surface area contributed by atoms with Crippen LogP contribution in [0.5, 0.6) is 23.0 Å². The third-order valence-corrected chi connectivity index (χ3v) is 13.6. The smallest absolute Gasteiger partial charge is 0.306 e. The minimum atomic E-state index is -0.333. The van der Waals surface area contributed by atoms with Crippen LogP contribution in [0.2, 0.25) is 0 Å². The minimum Gasteiger partial charge on any atom is -0.507 e. The summed E-state index contributed by atoms with van der Waals surface area (Å²) in [5, 5.41) is 45.7. The second-order valence-electron chi connectivity index (χ2n) is 25.3. The Morgan fingerprint density at radius 1 is 0.391 bits per heavy atom. The number of thioether (sulfide) groups is 1. The molecular formula is C60H86O8S. The second-order valence-corrected chi connectivity index (χ2v) is 26.5. The van der Waals surface area contributed by atoms with E-state index in [2.05, 4.69) is 149 Å². The lowest BCUT2D eigenvalue weighted by Gasteiger charge is -2.28. The summed E-state index contributed by atoms with van der Waals surface area (Å²) >= 11 is 1.55. The number of phenols is 4. The lowest BCUT2D eigenvalue weighted by Crippen LogP contribution is -2.18. The van der Waals surface area contributed by atoms with Crippen molar-refractivity contribution in [1.82, 2.24) is 0 Å². The van der Waals surface area contributed by atoms with Crippen molar-refractivity contribution < 1.29 is 39.5 Å². The van der Waals surface area contributed by atoms with Crippen molar-refractivity contribution in [1.29, 1.82) is 0 Å². The van der Waals surface area contributed by atoms with E-state index >= 15 is 0 Å². The topological polar surface area (TPSA) is 134 Å². The third kappa shape index (κ3) is 15.7. The maximum atomic E-state index is 12.9. The van der Waals surface area contributed by atoms with Crippen LogP contribution in [0, 0.1) is 0 Å². The maximum absolute atomic E-state index is 12.9. The Labute approximate surface area is 420 Å². The highest BCUT2D eigenvalue weighted by atomic mass is 32.2.